The van der Waals surface area contributed by atoms with Crippen LogP contribution >= 0.6 is 22.6 Å². The molecule has 0 saturated heterocycles. The van der Waals surface area contributed by atoms with Gasteiger partial charge in [0, 0.05) is 16.2 Å². The van der Waals surface area contributed by atoms with E-state index in [4.69, 9.17) is 0 Å². The molecule has 1 atom stereocenters. The van der Waals surface area contributed by atoms with Crippen LogP contribution < -0.4 is 9.62 Å². The molecular formula is C32H38IN3O4S. The minimum Gasteiger partial charge on any atom is -0.352 e. The molecule has 0 unspecified atom stereocenters. The van der Waals surface area contributed by atoms with Crippen LogP contribution in [0.1, 0.15) is 56.6 Å². The Hall–Kier alpha value is -2.92. The summed E-state index contributed by atoms with van der Waals surface area (Å²) in [4.78, 5) is 29.4. The third-order valence-electron chi connectivity index (χ3n) is 7.54. The lowest BCUT2D eigenvalue weighted by molar-refractivity contribution is -0.140. The van der Waals surface area contributed by atoms with E-state index < -0.39 is 28.5 Å². The third kappa shape index (κ3) is 8.09. The molecular weight excluding hydrogens is 649 g/mol. The summed E-state index contributed by atoms with van der Waals surface area (Å²) < 4.78 is 29.9. The van der Waals surface area contributed by atoms with Crippen molar-refractivity contribution in [3.05, 3.63) is 93.6 Å². The van der Waals surface area contributed by atoms with Gasteiger partial charge in [-0.15, -0.1) is 0 Å². The Balaban J connectivity index is 1.68. The molecule has 0 radical (unpaired) electrons. The molecule has 1 aliphatic carbocycles. The Morgan fingerprint density at radius 1 is 0.927 bits per heavy atom. The number of nitrogens with one attached hydrogen (secondary N) is 1. The number of nitrogens with zero attached hydrogens (tertiary/aromatic N) is 2. The van der Waals surface area contributed by atoms with Gasteiger partial charge < -0.3 is 10.2 Å². The fourth-order valence-electron chi connectivity index (χ4n) is 5.21. The van der Waals surface area contributed by atoms with Crippen molar-refractivity contribution >= 4 is 50.1 Å². The summed E-state index contributed by atoms with van der Waals surface area (Å²) in [6.45, 7) is 3.64. The van der Waals surface area contributed by atoms with E-state index in [-0.39, 0.29) is 23.4 Å². The minimum absolute atomic E-state index is 0.0958. The summed E-state index contributed by atoms with van der Waals surface area (Å²) in [7, 11) is -4.07. The second-order valence-electron chi connectivity index (χ2n) is 10.6. The molecule has 4 rings (SSSR count). The maximum atomic E-state index is 14.2. The second-order valence-corrected chi connectivity index (χ2v) is 13.7. The third-order valence-corrected chi connectivity index (χ3v) is 10.0. The zero-order valence-corrected chi connectivity index (χ0v) is 26.6. The van der Waals surface area contributed by atoms with Crippen LogP contribution in [0.15, 0.2) is 83.8 Å². The number of amides is 2. The highest BCUT2D eigenvalue weighted by molar-refractivity contribution is 14.1. The number of aryl methyl sites for hydroxylation is 1. The molecule has 41 heavy (non-hydrogen) atoms. The van der Waals surface area contributed by atoms with Gasteiger partial charge >= 0.3 is 0 Å². The monoisotopic (exact) mass is 687 g/mol. The van der Waals surface area contributed by atoms with Gasteiger partial charge in [0.2, 0.25) is 11.8 Å². The number of sulfonamides is 1. The molecule has 2 amide bonds. The van der Waals surface area contributed by atoms with E-state index in [1.54, 1.807) is 35.2 Å². The lowest BCUT2D eigenvalue weighted by Gasteiger charge is -2.34. The predicted molar refractivity (Wildman–Crippen MR) is 171 cm³/mol. The van der Waals surface area contributed by atoms with Crippen LogP contribution in [0.4, 0.5) is 5.69 Å². The van der Waals surface area contributed by atoms with E-state index in [1.165, 1.54) is 18.6 Å². The minimum atomic E-state index is -4.07. The fourth-order valence-corrected chi connectivity index (χ4v) is 7.00. The lowest BCUT2D eigenvalue weighted by atomic mass is 9.95. The van der Waals surface area contributed by atoms with Gasteiger partial charge in [0.1, 0.15) is 12.6 Å². The first-order chi connectivity index (χ1) is 19.7. The zero-order chi connectivity index (χ0) is 29.4. The van der Waals surface area contributed by atoms with Crippen molar-refractivity contribution in [1.82, 2.24) is 10.2 Å². The summed E-state index contributed by atoms with van der Waals surface area (Å²) in [6.07, 6.45) is 5.61. The number of halogens is 1. The van der Waals surface area contributed by atoms with E-state index in [9.17, 15) is 18.0 Å². The van der Waals surface area contributed by atoms with E-state index in [0.717, 1.165) is 44.7 Å². The molecule has 218 valence electrons. The molecule has 1 N–H and O–H groups in total. The molecule has 3 aromatic rings. The number of carbonyl (C=O) groups excluding carboxylic acids is 2. The maximum absolute atomic E-state index is 14.2. The topological polar surface area (TPSA) is 86.8 Å². The summed E-state index contributed by atoms with van der Waals surface area (Å²) in [5.41, 5.74) is 2.35. The predicted octanol–water partition coefficient (Wildman–Crippen LogP) is 6.05. The van der Waals surface area contributed by atoms with Gasteiger partial charge in [-0.05, 0) is 90.7 Å². The molecule has 0 aliphatic heterocycles. The van der Waals surface area contributed by atoms with E-state index in [1.807, 2.05) is 50.2 Å². The van der Waals surface area contributed by atoms with Crippen molar-refractivity contribution in [2.75, 3.05) is 10.8 Å². The SMILES string of the molecule is CC[C@H](C(=O)NC1CCCCC1)N(Cc1ccc(C)cc1)C(=O)CN(c1ccc(I)cc1)S(=O)(=O)c1ccccc1. The van der Waals surface area contributed by atoms with Crippen molar-refractivity contribution in [1.29, 1.82) is 0 Å². The van der Waals surface area contributed by atoms with Gasteiger partial charge in [0.05, 0.1) is 10.6 Å². The number of hydrogen-bond acceptors (Lipinski definition) is 4. The van der Waals surface area contributed by atoms with Crippen LogP contribution in [0.2, 0.25) is 0 Å². The highest BCUT2D eigenvalue weighted by Crippen LogP contribution is 2.26. The number of carbonyl (C=O) groups is 2. The normalized spacial score (nSPS) is 14.7. The highest BCUT2D eigenvalue weighted by atomic mass is 127. The molecule has 0 heterocycles. The van der Waals surface area contributed by atoms with Gasteiger partial charge in [0.15, 0.2) is 0 Å². The lowest BCUT2D eigenvalue weighted by Crippen LogP contribution is -2.54. The fraction of sp³-hybridized carbons (Fsp3) is 0.375. The van der Waals surface area contributed by atoms with Gasteiger partial charge in [-0.25, -0.2) is 8.42 Å². The molecule has 1 aliphatic rings. The molecule has 3 aromatic carbocycles. The average molecular weight is 688 g/mol. The highest BCUT2D eigenvalue weighted by Gasteiger charge is 2.34. The number of anilines is 1. The first kappa shape index (κ1) is 31.0. The maximum Gasteiger partial charge on any atom is 0.264 e. The van der Waals surface area contributed by atoms with Crippen molar-refractivity contribution in [3.63, 3.8) is 0 Å². The standard InChI is InChI=1S/C32H38IN3O4S/c1-3-30(32(38)34-27-10-6-4-7-11-27)35(22-25-16-14-24(2)15-17-25)31(37)23-36(28-20-18-26(33)19-21-28)41(39,40)29-12-8-5-9-13-29/h5,8-9,12-21,27,30H,3-4,6-7,10-11,22-23H2,1-2H3,(H,34,38)/t30-/m1/s1. The van der Waals surface area contributed by atoms with Gasteiger partial charge in [-0.1, -0.05) is 74.2 Å². The first-order valence-electron chi connectivity index (χ1n) is 14.2. The van der Waals surface area contributed by atoms with Crippen LogP contribution in [0, 0.1) is 10.5 Å². The Kier molecular flexibility index (Phi) is 10.8. The van der Waals surface area contributed by atoms with Crippen LogP contribution in [-0.2, 0) is 26.2 Å². The van der Waals surface area contributed by atoms with Crippen molar-refractivity contribution in [2.24, 2.45) is 0 Å². The van der Waals surface area contributed by atoms with E-state index in [0.29, 0.717) is 12.1 Å². The molecule has 0 spiro atoms. The molecule has 0 aromatic heterocycles. The van der Waals surface area contributed by atoms with Gasteiger partial charge in [-0.3, -0.25) is 13.9 Å². The number of benzene rings is 3. The molecule has 0 bridgehead atoms. The molecule has 7 nitrogen and oxygen atoms in total. The Labute approximate surface area is 257 Å². The smallest absolute Gasteiger partial charge is 0.264 e. The Bertz CT molecular complexity index is 1410. The van der Waals surface area contributed by atoms with Crippen LogP contribution in [-0.4, -0.2) is 43.8 Å². The van der Waals surface area contributed by atoms with Crippen LogP contribution in [0.25, 0.3) is 0 Å². The second kappa shape index (κ2) is 14.3. The van der Waals surface area contributed by atoms with Gasteiger partial charge in [0.25, 0.3) is 10.0 Å². The summed E-state index contributed by atoms with van der Waals surface area (Å²) >= 11 is 2.16. The largest absolute Gasteiger partial charge is 0.352 e. The summed E-state index contributed by atoms with van der Waals surface area (Å²) in [5, 5.41) is 3.18. The average Bonchev–Trinajstić information content (AvgIpc) is 2.98. The Morgan fingerprint density at radius 2 is 1.56 bits per heavy atom. The zero-order valence-electron chi connectivity index (χ0n) is 23.6. The van der Waals surface area contributed by atoms with Crippen molar-refractivity contribution < 1.29 is 18.0 Å². The van der Waals surface area contributed by atoms with Crippen molar-refractivity contribution in [3.8, 4) is 0 Å². The van der Waals surface area contributed by atoms with Crippen LogP contribution in [0.3, 0.4) is 0 Å². The Morgan fingerprint density at radius 3 is 2.17 bits per heavy atom. The van der Waals surface area contributed by atoms with Gasteiger partial charge in [-0.2, -0.15) is 0 Å². The quantitative estimate of drug-likeness (QED) is 0.249. The summed E-state index contributed by atoms with van der Waals surface area (Å²) in [6, 6.07) is 22.3. The first-order valence-corrected chi connectivity index (χ1v) is 16.7. The number of hydrogen-bond donors (Lipinski definition) is 1. The number of rotatable bonds is 11. The van der Waals surface area contributed by atoms with E-state index >= 15 is 0 Å². The van der Waals surface area contributed by atoms with E-state index in [2.05, 4.69) is 27.9 Å². The molecule has 1 saturated carbocycles. The molecule has 9 heteroatoms. The van der Waals surface area contributed by atoms with Crippen LogP contribution in [0.5, 0.6) is 0 Å². The van der Waals surface area contributed by atoms with Crippen molar-refractivity contribution in [2.45, 2.75) is 75.9 Å². The summed E-state index contributed by atoms with van der Waals surface area (Å²) in [5.74, 6) is -0.624. The molecule has 1 fully saturated rings.